The van der Waals surface area contributed by atoms with Crippen molar-refractivity contribution in [1.29, 1.82) is 0 Å². The zero-order valence-electron chi connectivity index (χ0n) is 23.1. The molecule has 0 bridgehead atoms. The highest BCUT2D eigenvalue weighted by molar-refractivity contribution is 5.80. The van der Waals surface area contributed by atoms with E-state index in [1.54, 1.807) is 23.9 Å². The van der Waals surface area contributed by atoms with E-state index in [4.69, 9.17) is 4.74 Å². The monoisotopic (exact) mass is 540 g/mol. The fourth-order valence-electron chi connectivity index (χ4n) is 4.91. The molecule has 1 atom stereocenters. The first kappa shape index (κ1) is 27.2. The second-order valence-electron chi connectivity index (χ2n) is 10.9. The Labute approximate surface area is 232 Å². The van der Waals surface area contributed by atoms with E-state index < -0.39 is 11.6 Å². The van der Waals surface area contributed by atoms with Gasteiger partial charge in [-0.1, -0.05) is 42.5 Å². The van der Waals surface area contributed by atoms with Crippen LogP contribution >= 0.6 is 0 Å². The maximum Gasteiger partial charge on any atom is 0.253 e. The Morgan fingerprint density at radius 3 is 2.45 bits per heavy atom. The van der Waals surface area contributed by atoms with Gasteiger partial charge in [-0.15, -0.1) is 5.10 Å². The fraction of sp³-hybridized carbons (Fsp3) is 0.290. The number of methoxy groups -OCH3 is 1. The molecule has 9 heteroatoms. The van der Waals surface area contributed by atoms with E-state index >= 15 is 0 Å². The quantitative estimate of drug-likeness (QED) is 0.275. The van der Waals surface area contributed by atoms with Crippen molar-refractivity contribution >= 4 is 10.9 Å². The third kappa shape index (κ3) is 5.94. The number of pyridine rings is 1. The van der Waals surface area contributed by atoms with Gasteiger partial charge in [-0.2, -0.15) is 0 Å². The van der Waals surface area contributed by atoms with Crippen molar-refractivity contribution in [3.05, 3.63) is 118 Å². The lowest BCUT2D eigenvalue weighted by atomic mass is 10.00. The summed E-state index contributed by atoms with van der Waals surface area (Å²) in [6, 6.07) is 23.5. The van der Waals surface area contributed by atoms with E-state index in [-0.39, 0.29) is 11.4 Å². The summed E-state index contributed by atoms with van der Waals surface area (Å²) in [5.74, 6) is 0.942. The Balaban J connectivity index is 1.68. The molecule has 0 aliphatic rings. The average molecular weight is 541 g/mol. The van der Waals surface area contributed by atoms with Crippen LogP contribution < -0.4 is 10.3 Å². The van der Waals surface area contributed by atoms with Crippen LogP contribution in [0.3, 0.4) is 0 Å². The van der Waals surface area contributed by atoms with Crippen LogP contribution in [0.4, 0.5) is 4.39 Å². The van der Waals surface area contributed by atoms with Gasteiger partial charge in [0.15, 0.2) is 5.82 Å². The lowest BCUT2D eigenvalue weighted by Crippen LogP contribution is -2.38. The third-order valence-corrected chi connectivity index (χ3v) is 6.94. The summed E-state index contributed by atoms with van der Waals surface area (Å²) in [6.07, 6.45) is 0.731. The van der Waals surface area contributed by atoms with Crippen molar-refractivity contribution in [2.75, 3.05) is 13.7 Å². The van der Waals surface area contributed by atoms with E-state index in [2.05, 4.69) is 37.5 Å². The molecule has 5 aromatic rings. The van der Waals surface area contributed by atoms with Crippen LogP contribution in [0.2, 0.25) is 0 Å². The normalized spacial score (nSPS) is 12.7. The van der Waals surface area contributed by atoms with Crippen molar-refractivity contribution in [1.82, 2.24) is 30.1 Å². The van der Waals surface area contributed by atoms with E-state index in [0.29, 0.717) is 35.7 Å². The molecule has 40 heavy (non-hydrogen) atoms. The van der Waals surface area contributed by atoms with Gasteiger partial charge in [0.2, 0.25) is 0 Å². The minimum atomic E-state index is -0.595. The number of aromatic nitrogens is 5. The molecule has 0 spiro atoms. The smallest absolute Gasteiger partial charge is 0.253 e. The topological polar surface area (TPSA) is 88.9 Å². The second kappa shape index (κ2) is 11.4. The van der Waals surface area contributed by atoms with Gasteiger partial charge >= 0.3 is 0 Å². The largest absolute Gasteiger partial charge is 0.497 e. The summed E-state index contributed by atoms with van der Waals surface area (Å²) in [7, 11) is 1.61. The van der Waals surface area contributed by atoms with Crippen LogP contribution in [0, 0.1) is 5.82 Å². The van der Waals surface area contributed by atoms with Crippen LogP contribution in [0.5, 0.6) is 5.75 Å². The predicted molar refractivity (Wildman–Crippen MR) is 153 cm³/mol. The Morgan fingerprint density at radius 1 is 1.00 bits per heavy atom. The van der Waals surface area contributed by atoms with Gasteiger partial charge in [0.05, 0.1) is 12.6 Å². The van der Waals surface area contributed by atoms with Crippen molar-refractivity contribution in [2.45, 2.75) is 45.3 Å². The summed E-state index contributed by atoms with van der Waals surface area (Å²) in [5, 5.41) is 13.6. The van der Waals surface area contributed by atoms with E-state index in [1.165, 1.54) is 12.1 Å². The maximum atomic E-state index is 13.8. The molecule has 2 heterocycles. The Morgan fingerprint density at radius 2 is 1.75 bits per heavy atom. The van der Waals surface area contributed by atoms with Crippen LogP contribution in [0.15, 0.2) is 83.7 Å². The number of rotatable bonds is 9. The summed E-state index contributed by atoms with van der Waals surface area (Å²) < 4.78 is 21.0. The number of ether oxygens (including phenoxy) is 1. The molecule has 0 saturated heterocycles. The van der Waals surface area contributed by atoms with Crippen LogP contribution in [-0.2, 0) is 18.5 Å². The second-order valence-corrected chi connectivity index (χ2v) is 10.9. The highest BCUT2D eigenvalue weighted by Gasteiger charge is 2.33. The summed E-state index contributed by atoms with van der Waals surface area (Å²) >= 11 is 0. The molecule has 0 saturated carbocycles. The minimum Gasteiger partial charge on any atom is -0.497 e. The van der Waals surface area contributed by atoms with Crippen molar-refractivity contribution in [3.8, 4) is 5.75 Å². The van der Waals surface area contributed by atoms with E-state index in [1.807, 2.05) is 63.2 Å². The highest BCUT2D eigenvalue weighted by Crippen LogP contribution is 2.31. The molecule has 0 unspecified atom stereocenters. The number of H-pyrrole nitrogens is 1. The molecule has 8 nitrogen and oxygen atoms in total. The molecular formula is C31H33FN6O2. The van der Waals surface area contributed by atoms with Gasteiger partial charge in [0.1, 0.15) is 17.6 Å². The first-order chi connectivity index (χ1) is 19.2. The first-order valence-electron chi connectivity index (χ1n) is 13.2. The maximum absolute atomic E-state index is 13.8. The molecule has 206 valence electrons. The molecule has 0 fully saturated rings. The summed E-state index contributed by atoms with van der Waals surface area (Å²) in [4.78, 5) is 19.0. The first-order valence-corrected chi connectivity index (χ1v) is 13.2. The van der Waals surface area contributed by atoms with Gasteiger partial charge in [-0.05, 0) is 85.1 Å². The number of nitrogens with zero attached hydrogens (tertiary/aromatic N) is 5. The Bertz CT molecular complexity index is 1640. The zero-order chi connectivity index (χ0) is 28.3. The summed E-state index contributed by atoms with van der Waals surface area (Å²) in [5.41, 5.74) is 2.63. The molecule has 0 amide bonds. The van der Waals surface area contributed by atoms with E-state index in [9.17, 15) is 9.18 Å². The number of nitrogens with one attached hydrogen (secondary N) is 1. The van der Waals surface area contributed by atoms with Crippen LogP contribution in [-0.4, -0.2) is 43.7 Å². The van der Waals surface area contributed by atoms with Crippen LogP contribution in [0.25, 0.3) is 10.9 Å². The third-order valence-electron chi connectivity index (χ3n) is 6.94. The minimum absolute atomic E-state index is 0.227. The molecule has 1 N–H and O–H groups in total. The highest BCUT2D eigenvalue weighted by atomic mass is 19.1. The zero-order valence-corrected chi connectivity index (χ0v) is 23.1. The fourth-order valence-corrected chi connectivity index (χ4v) is 4.91. The predicted octanol–water partition coefficient (Wildman–Crippen LogP) is 5.25. The lowest BCUT2D eigenvalue weighted by Gasteiger charge is -2.33. The summed E-state index contributed by atoms with van der Waals surface area (Å²) in [6.45, 7) is 7.11. The van der Waals surface area contributed by atoms with Gasteiger partial charge in [0, 0.05) is 29.6 Å². The number of hydrogen-bond donors (Lipinski definition) is 1. The molecular weight excluding hydrogens is 507 g/mol. The molecule has 2 aromatic heterocycles. The molecule has 0 radical (unpaired) electrons. The number of fused-ring (bicyclic) bond motifs is 1. The molecule has 3 aromatic carbocycles. The SMILES string of the molecule is COc1ccc2[nH]c(=O)c([C@H](c3nnnn3C(C)(C)C)N(CCc3ccccc3)Cc3ccc(F)cc3)cc2c1. The standard InChI is InChI=1S/C31H33FN6O2/c1-31(2,3)38-29(34-35-36-38)28(26-19-23-18-25(40-4)14-15-27(23)33-30(26)39)37(17-16-21-8-6-5-7-9-21)20-22-10-12-24(32)13-11-22/h5-15,18-19,28H,16-17,20H2,1-4H3,(H,33,39)/t28-/m1/s1. The molecule has 0 aliphatic heterocycles. The van der Waals surface area contributed by atoms with E-state index in [0.717, 1.165) is 22.9 Å². The van der Waals surface area contributed by atoms with Gasteiger partial charge in [-0.25, -0.2) is 9.07 Å². The van der Waals surface area contributed by atoms with Gasteiger partial charge in [-0.3, -0.25) is 9.69 Å². The lowest BCUT2D eigenvalue weighted by molar-refractivity contribution is 0.195. The number of halogens is 1. The van der Waals surface area contributed by atoms with Gasteiger partial charge < -0.3 is 9.72 Å². The van der Waals surface area contributed by atoms with Crippen molar-refractivity contribution < 1.29 is 9.13 Å². The number of aromatic amines is 1. The number of hydrogen-bond acceptors (Lipinski definition) is 6. The van der Waals surface area contributed by atoms with Crippen molar-refractivity contribution in [3.63, 3.8) is 0 Å². The molecule has 5 rings (SSSR count). The number of benzene rings is 3. The average Bonchev–Trinajstić information content (AvgIpc) is 3.44. The van der Waals surface area contributed by atoms with Crippen molar-refractivity contribution in [2.24, 2.45) is 0 Å². The Hall–Kier alpha value is -4.37. The Kier molecular flexibility index (Phi) is 7.75. The van der Waals surface area contributed by atoms with Crippen LogP contribution in [0.1, 0.15) is 49.3 Å². The number of tetrazole rings is 1. The van der Waals surface area contributed by atoms with Gasteiger partial charge in [0.25, 0.3) is 5.56 Å². The molecule has 0 aliphatic carbocycles.